The molecular weight excluding hydrogens is 524 g/mol. The molecule has 16 heteroatoms. The first-order valence-electron chi connectivity index (χ1n) is 8.68. The zero-order chi connectivity index (χ0) is 26.4. The molecule has 2 N–H and O–H groups in total. The number of nitriles is 1. The molecule has 2 rings (SSSR count). The number of carbonyl (C=O) groups excluding carboxylic acids is 1. The number of rotatable bonds is 6. The second kappa shape index (κ2) is 7.55. The number of aliphatic hydroxyl groups is 1. The fourth-order valence-electron chi connectivity index (χ4n) is 2.64. The van der Waals surface area contributed by atoms with Crippen molar-refractivity contribution in [1.82, 2.24) is 0 Å². The van der Waals surface area contributed by atoms with Crippen LogP contribution in [0.25, 0.3) is 0 Å². The van der Waals surface area contributed by atoms with Gasteiger partial charge in [0.15, 0.2) is 15.4 Å². The SMILES string of the molecule is CC(O)(CS(=O)(=O)c1cccc(S(F)(F)(F)(F)F)c1)C(=O)Nc1ccc(C#N)cc1C(F)(F)F. The summed E-state index contributed by atoms with van der Waals surface area (Å²) >= 11 is 0. The number of nitrogens with one attached hydrogen (secondary N) is 1. The van der Waals surface area contributed by atoms with Crippen LogP contribution < -0.4 is 5.32 Å². The number of nitrogens with zero attached hydrogens (tertiary/aromatic N) is 1. The van der Waals surface area contributed by atoms with Gasteiger partial charge in [-0.25, -0.2) is 8.42 Å². The van der Waals surface area contributed by atoms with Crippen molar-refractivity contribution in [3.05, 3.63) is 53.6 Å². The number of benzene rings is 2. The molecule has 0 aliphatic heterocycles. The molecule has 0 bridgehead atoms. The number of sulfone groups is 1. The average molecular weight is 538 g/mol. The van der Waals surface area contributed by atoms with Gasteiger partial charge in [0.05, 0.1) is 33.5 Å². The summed E-state index contributed by atoms with van der Waals surface area (Å²) in [6, 6.07) is 3.85. The fraction of sp³-hybridized carbons (Fsp3) is 0.222. The van der Waals surface area contributed by atoms with Crippen LogP contribution in [0.15, 0.2) is 52.3 Å². The van der Waals surface area contributed by atoms with E-state index < -0.39 is 70.1 Å². The van der Waals surface area contributed by atoms with Gasteiger partial charge in [0, 0.05) is 0 Å². The first kappa shape index (κ1) is 27.3. The Bertz CT molecular complexity index is 1300. The van der Waals surface area contributed by atoms with Crippen molar-refractivity contribution in [2.24, 2.45) is 0 Å². The van der Waals surface area contributed by atoms with Crippen molar-refractivity contribution in [3.8, 4) is 6.07 Å². The van der Waals surface area contributed by atoms with Crippen LogP contribution >= 0.6 is 10.2 Å². The van der Waals surface area contributed by atoms with Crippen LogP contribution in [0.2, 0.25) is 0 Å². The van der Waals surface area contributed by atoms with Gasteiger partial charge < -0.3 is 10.4 Å². The second-order valence-electron chi connectivity index (χ2n) is 7.30. The Morgan fingerprint density at radius 3 is 2.18 bits per heavy atom. The second-order valence-corrected chi connectivity index (χ2v) is 11.7. The first-order valence-corrected chi connectivity index (χ1v) is 12.3. The third kappa shape index (κ3) is 6.36. The lowest BCUT2D eigenvalue weighted by Crippen LogP contribution is -2.46. The van der Waals surface area contributed by atoms with Crippen LogP contribution in [0.1, 0.15) is 18.1 Å². The minimum Gasteiger partial charge on any atom is -0.379 e. The van der Waals surface area contributed by atoms with Crippen molar-refractivity contribution in [2.75, 3.05) is 11.1 Å². The minimum absolute atomic E-state index is 0.0605. The standard InChI is InChI=1S/C18H14F8N2O4S2/c1-17(30,16(29)28-15-6-5-11(9-27)7-14(15)18(19,20)21)10-33(31,32)12-3-2-4-13(8-12)34(22,23,24,25)26/h2-8,30H,10H2,1H3,(H,28,29). The molecule has 2 aromatic rings. The maximum atomic E-state index is 13.2. The third-order valence-electron chi connectivity index (χ3n) is 4.27. The van der Waals surface area contributed by atoms with Gasteiger partial charge in [-0.05, 0) is 43.3 Å². The highest BCUT2D eigenvalue weighted by atomic mass is 32.5. The Labute approximate surface area is 187 Å². The van der Waals surface area contributed by atoms with E-state index in [1.165, 1.54) is 6.07 Å². The van der Waals surface area contributed by atoms with Gasteiger partial charge in [0.2, 0.25) is 0 Å². The van der Waals surface area contributed by atoms with E-state index in [9.17, 15) is 50.9 Å². The van der Waals surface area contributed by atoms with E-state index in [1.807, 2.05) is 0 Å². The van der Waals surface area contributed by atoms with Gasteiger partial charge in [-0.2, -0.15) is 18.4 Å². The lowest BCUT2D eigenvalue weighted by molar-refractivity contribution is -0.137. The Morgan fingerprint density at radius 1 is 1.09 bits per heavy atom. The van der Waals surface area contributed by atoms with Crippen LogP contribution in [0, 0.1) is 11.3 Å². The lowest BCUT2D eigenvalue weighted by Gasteiger charge is -2.40. The summed E-state index contributed by atoms with van der Waals surface area (Å²) in [6.07, 6.45) is -5.07. The van der Waals surface area contributed by atoms with E-state index in [0.717, 1.165) is 6.07 Å². The van der Waals surface area contributed by atoms with Crippen LogP contribution in [-0.2, 0) is 20.8 Å². The summed E-state index contributed by atoms with van der Waals surface area (Å²) in [5, 5.41) is 20.7. The molecule has 0 fully saturated rings. The Hall–Kier alpha value is -2.90. The Kier molecular flexibility index (Phi) is 6.07. The Balaban J connectivity index is 2.39. The summed E-state index contributed by atoms with van der Waals surface area (Å²) in [4.78, 5) is 8.52. The topological polar surface area (TPSA) is 107 Å². The molecule has 6 nitrogen and oxygen atoms in total. The molecule has 1 unspecified atom stereocenters. The fourth-order valence-corrected chi connectivity index (χ4v) is 5.03. The number of halogens is 8. The highest BCUT2D eigenvalue weighted by molar-refractivity contribution is 8.45. The van der Waals surface area contributed by atoms with E-state index in [2.05, 4.69) is 0 Å². The number of amides is 1. The van der Waals surface area contributed by atoms with E-state index in [0.29, 0.717) is 31.2 Å². The van der Waals surface area contributed by atoms with Crippen LogP contribution in [0.4, 0.5) is 38.3 Å². The number of alkyl halides is 3. The monoisotopic (exact) mass is 538 g/mol. The van der Waals surface area contributed by atoms with E-state index >= 15 is 0 Å². The highest BCUT2D eigenvalue weighted by Gasteiger charge is 2.65. The molecule has 1 atom stereocenters. The third-order valence-corrected chi connectivity index (χ3v) is 7.33. The molecule has 0 aliphatic carbocycles. The molecule has 0 saturated carbocycles. The van der Waals surface area contributed by atoms with Crippen LogP contribution in [0.5, 0.6) is 0 Å². The van der Waals surface area contributed by atoms with Crippen LogP contribution in [-0.4, -0.2) is 30.8 Å². The molecule has 0 spiro atoms. The van der Waals surface area contributed by atoms with Crippen molar-refractivity contribution < 1.29 is 50.9 Å². The normalized spacial score (nSPS) is 16.5. The molecule has 0 aromatic heterocycles. The summed E-state index contributed by atoms with van der Waals surface area (Å²) in [6.45, 7) is 0.547. The zero-order valence-electron chi connectivity index (χ0n) is 16.7. The predicted molar refractivity (Wildman–Crippen MR) is 105 cm³/mol. The zero-order valence-corrected chi connectivity index (χ0v) is 18.3. The van der Waals surface area contributed by atoms with E-state index in [-0.39, 0.29) is 12.1 Å². The number of hydrogen-bond acceptors (Lipinski definition) is 5. The summed E-state index contributed by atoms with van der Waals surface area (Å²) < 4.78 is 130. The maximum Gasteiger partial charge on any atom is 0.418 e. The largest absolute Gasteiger partial charge is 0.418 e. The maximum absolute atomic E-state index is 13.2. The lowest BCUT2D eigenvalue weighted by atomic mass is 10.1. The van der Waals surface area contributed by atoms with Crippen molar-refractivity contribution in [3.63, 3.8) is 0 Å². The van der Waals surface area contributed by atoms with Crippen molar-refractivity contribution >= 4 is 31.7 Å². The molecule has 0 saturated heterocycles. The molecule has 0 heterocycles. The van der Waals surface area contributed by atoms with Gasteiger partial charge in [0.25, 0.3) is 5.91 Å². The smallest absolute Gasteiger partial charge is 0.379 e. The van der Waals surface area contributed by atoms with Gasteiger partial charge in [0.1, 0.15) is 4.90 Å². The summed E-state index contributed by atoms with van der Waals surface area (Å²) in [5.41, 5.74) is -5.89. The summed E-state index contributed by atoms with van der Waals surface area (Å²) in [5.74, 6) is -3.36. The quantitative estimate of drug-likeness (QED) is 0.479. The van der Waals surface area contributed by atoms with E-state index in [1.54, 1.807) is 5.32 Å². The first-order chi connectivity index (χ1) is 15.0. The highest BCUT2D eigenvalue weighted by Crippen LogP contribution is 3.02. The van der Waals surface area contributed by atoms with Gasteiger partial charge in [-0.1, -0.05) is 25.5 Å². The van der Waals surface area contributed by atoms with Gasteiger partial charge in [-0.3, -0.25) is 4.79 Å². The molecule has 1 amide bonds. The molecular formula is C18H14F8N2O4S2. The van der Waals surface area contributed by atoms with Crippen molar-refractivity contribution in [2.45, 2.75) is 28.5 Å². The molecule has 2 aromatic carbocycles. The van der Waals surface area contributed by atoms with Crippen molar-refractivity contribution in [1.29, 1.82) is 5.26 Å². The number of hydrogen-bond donors (Lipinski definition) is 2. The average Bonchev–Trinajstić information content (AvgIpc) is 2.65. The van der Waals surface area contributed by atoms with E-state index in [4.69, 9.17) is 5.26 Å². The molecule has 0 aliphatic rings. The van der Waals surface area contributed by atoms with Gasteiger partial charge >= 0.3 is 16.4 Å². The molecule has 188 valence electrons. The molecule has 34 heavy (non-hydrogen) atoms. The minimum atomic E-state index is -10.3. The molecule has 0 radical (unpaired) electrons. The van der Waals surface area contributed by atoms with Gasteiger partial charge in [-0.15, -0.1) is 0 Å². The number of anilines is 1. The number of carbonyl (C=O) groups is 1. The predicted octanol–water partition coefficient (Wildman–Crippen LogP) is 5.40. The van der Waals surface area contributed by atoms with Crippen LogP contribution in [0.3, 0.4) is 0 Å². The summed E-state index contributed by atoms with van der Waals surface area (Å²) in [7, 11) is -15.3. The Morgan fingerprint density at radius 2 is 1.68 bits per heavy atom.